The predicted octanol–water partition coefficient (Wildman–Crippen LogP) is 1.58. The fourth-order valence-electron chi connectivity index (χ4n) is 1.49. The Labute approximate surface area is 107 Å². The van der Waals surface area contributed by atoms with Crippen LogP contribution in [0, 0.1) is 0 Å². The zero-order valence-corrected chi connectivity index (χ0v) is 12.1. The topological polar surface area (TPSA) is 43.8 Å². The van der Waals surface area contributed by atoms with Gasteiger partial charge < -0.3 is 14.9 Å². The van der Waals surface area contributed by atoms with Crippen LogP contribution >= 0.6 is 0 Å². The van der Waals surface area contributed by atoms with E-state index in [-0.39, 0.29) is 0 Å². The van der Waals surface area contributed by atoms with Gasteiger partial charge in [0.05, 0.1) is 0 Å². The second kappa shape index (κ2) is 13.5. The van der Waals surface area contributed by atoms with Crippen LogP contribution in [0.25, 0.3) is 0 Å². The van der Waals surface area contributed by atoms with E-state index in [9.17, 15) is 4.79 Å². The van der Waals surface area contributed by atoms with E-state index < -0.39 is 0 Å². The van der Waals surface area contributed by atoms with Crippen LogP contribution < -0.4 is 0 Å². The number of amides is 1. The molecule has 0 unspecified atom stereocenters. The van der Waals surface area contributed by atoms with Crippen molar-refractivity contribution in [2.24, 2.45) is 0 Å². The molecule has 104 valence electrons. The molecule has 1 heterocycles. The fourth-order valence-corrected chi connectivity index (χ4v) is 1.49. The van der Waals surface area contributed by atoms with Crippen LogP contribution in [0.4, 0.5) is 0 Å². The molecular formula is C13H30N2O2. The van der Waals surface area contributed by atoms with Gasteiger partial charge >= 0.3 is 0 Å². The number of hydrogen-bond donors (Lipinski definition) is 1. The molecule has 1 aliphatic rings. The molecule has 0 aromatic heterocycles. The van der Waals surface area contributed by atoms with Gasteiger partial charge in [-0.2, -0.15) is 0 Å². The number of aliphatic hydroxyl groups excluding tert-OH is 1. The van der Waals surface area contributed by atoms with E-state index in [4.69, 9.17) is 5.11 Å². The van der Waals surface area contributed by atoms with Gasteiger partial charge in [-0.15, -0.1) is 0 Å². The number of aliphatic hydroxyl groups is 1. The van der Waals surface area contributed by atoms with E-state index in [0.29, 0.717) is 12.6 Å². The Morgan fingerprint density at radius 1 is 1.35 bits per heavy atom. The average Bonchev–Trinajstić information content (AvgIpc) is 2.41. The molecule has 0 radical (unpaired) electrons. The second-order valence-electron chi connectivity index (χ2n) is 4.03. The standard InChI is InChI=1S/C8H16N2O.C3H8O.C2H6/c1-9-5-3-8(4-6-9)10(2)7-11;1-2-3-4;1-2/h7-8H,3-6H2,1-2H3;4H,2-3H2,1H3;1-2H3. The van der Waals surface area contributed by atoms with Gasteiger partial charge in [-0.1, -0.05) is 20.8 Å². The quantitative estimate of drug-likeness (QED) is 0.769. The van der Waals surface area contributed by atoms with Crippen molar-refractivity contribution in [3.63, 3.8) is 0 Å². The van der Waals surface area contributed by atoms with Gasteiger partial charge in [0, 0.05) is 19.7 Å². The zero-order valence-electron chi connectivity index (χ0n) is 12.1. The van der Waals surface area contributed by atoms with E-state index in [2.05, 4.69) is 11.9 Å². The third-order valence-corrected chi connectivity index (χ3v) is 2.65. The molecule has 0 atom stereocenters. The third kappa shape index (κ3) is 10.3. The van der Waals surface area contributed by atoms with Gasteiger partial charge in [0.2, 0.25) is 6.41 Å². The Kier molecular flexibility index (Phi) is 14.8. The normalized spacial score (nSPS) is 16.1. The van der Waals surface area contributed by atoms with Crippen molar-refractivity contribution in [3.8, 4) is 0 Å². The Morgan fingerprint density at radius 2 is 1.76 bits per heavy atom. The minimum Gasteiger partial charge on any atom is -0.396 e. The van der Waals surface area contributed by atoms with Crippen molar-refractivity contribution < 1.29 is 9.90 Å². The maximum absolute atomic E-state index is 10.4. The summed E-state index contributed by atoms with van der Waals surface area (Å²) in [7, 11) is 3.99. The number of nitrogens with zero attached hydrogens (tertiary/aromatic N) is 2. The van der Waals surface area contributed by atoms with Crippen LogP contribution in [0.1, 0.15) is 40.0 Å². The molecular weight excluding hydrogens is 216 g/mol. The van der Waals surface area contributed by atoms with E-state index in [1.807, 2.05) is 27.8 Å². The zero-order chi connectivity index (χ0) is 13.7. The molecule has 0 aliphatic carbocycles. The van der Waals surface area contributed by atoms with Crippen molar-refractivity contribution in [1.82, 2.24) is 9.80 Å². The molecule has 0 bridgehead atoms. The van der Waals surface area contributed by atoms with Crippen molar-refractivity contribution in [1.29, 1.82) is 0 Å². The fraction of sp³-hybridized carbons (Fsp3) is 0.923. The van der Waals surface area contributed by atoms with Crippen LogP contribution in [0.15, 0.2) is 0 Å². The van der Waals surface area contributed by atoms with Gasteiger partial charge in [-0.25, -0.2) is 0 Å². The van der Waals surface area contributed by atoms with E-state index >= 15 is 0 Å². The summed E-state index contributed by atoms with van der Waals surface area (Å²) in [6.45, 7) is 8.48. The largest absolute Gasteiger partial charge is 0.396 e. The maximum atomic E-state index is 10.4. The summed E-state index contributed by atoms with van der Waals surface area (Å²) in [5.41, 5.74) is 0. The molecule has 1 saturated heterocycles. The lowest BCUT2D eigenvalue weighted by molar-refractivity contribution is -0.119. The summed E-state index contributed by atoms with van der Waals surface area (Å²) < 4.78 is 0. The van der Waals surface area contributed by atoms with Crippen LogP contribution in [0.2, 0.25) is 0 Å². The summed E-state index contributed by atoms with van der Waals surface area (Å²) in [5.74, 6) is 0. The molecule has 1 fully saturated rings. The van der Waals surface area contributed by atoms with E-state index in [0.717, 1.165) is 38.8 Å². The molecule has 4 nitrogen and oxygen atoms in total. The number of carbonyl (C=O) groups is 1. The summed E-state index contributed by atoms with van der Waals surface area (Å²) in [5, 5.41) is 7.88. The van der Waals surface area contributed by atoms with Gasteiger partial charge in [0.15, 0.2) is 0 Å². The lowest BCUT2D eigenvalue weighted by Gasteiger charge is -2.32. The van der Waals surface area contributed by atoms with Gasteiger partial charge in [-0.05, 0) is 39.4 Å². The first-order chi connectivity index (χ1) is 8.15. The van der Waals surface area contributed by atoms with Crippen LogP contribution in [-0.4, -0.2) is 61.2 Å². The number of rotatable bonds is 3. The second-order valence-corrected chi connectivity index (χ2v) is 4.03. The number of hydrogen-bond acceptors (Lipinski definition) is 3. The molecule has 0 aromatic carbocycles. The Morgan fingerprint density at radius 3 is 2.06 bits per heavy atom. The lowest BCUT2D eigenvalue weighted by atomic mass is 10.1. The predicted molar refractivity (Wildman–Crippen MR) is 73.1 cm³/mol. The van der Waals surface area contributed by atoms with Crippen molar-refractivity contribution in [3.05, 3.63) is 0 Å². The minimum absolute atomic E-state index is 0.319. The molecule has 1 rings (SSSR count). The highest BCUT2D eigenvalue weighted by Gasteiger charge is 2.18. The first kappa shape index (κ1) is 18.7. The highest BCUT2D eigenvalue weighted by molar-refractivity contribution is 5.47. The molecule has 1 amide bonds. The molecule has 0 spiro atoms. The van der Waals surface area contributed by atoms with E-state index in [1.54, 1.807) is 4.90 Å². The van der Waals surface area contributed by atoms with Crippen LogP contribution in [0.3, 0.4) is 0 Å². The van der Waals surface area contributed by atoms with Gasteiger partial charge in [0.25, 0.3) is 0 Å². The van der Waals surface area contributed by atoms with E-state index in [1.165, 1.54) is 0 Å². The molecule has 0 saturated carbocycles. The van der Waals surface area contributed by atoms with Crippen LogP contribution in [-0.2, 0) is 4.79 Å². The molecule has 17 heavy (non-hydrogen) atoms. The molecule has 0 aromatic rings. The first-order valence-electron chi connectivity index (χ1n) is 6.62. The summed E-state index contributed by atoms with van der Waals surface area (Å²) in [6, 6.07) is 0.476. The smallest absolute Gasteiger partial charge is 0.209 e. The summed E-state index contributed by atoms with van der Waals surface area (Å²) >= 11 is 0. The van der Waals surface area contributed by atoms with Gasteiger partial charge in [0.1, 0.15) is 0 Å². The van der Waals surface area contributed by atoms with Gasteiger partial charge in [-0.3, -0.25) is 4.79 Å². The minimum atomic E-state index is 0.319. The Balaban J connectivity index is 0. The maximum Gasteiger partial charge on any atom is 0.209 e. The lowest BCUT2D eigenvalue weighted by Crippen LogP contribution is -2.41. The highest BCUT2D eigenvalue weighted by Crippen LogP contribution is 2.12. The highest BCUT2D eigenvalue weighted by atomic mass is 16.2. The monoisotopic (exact) mass is 246 g/mol. The van der Waals surface area contributed by atoms with Crippen molar-refractivity contribution in [2.45, 2.75) is 46.1 Å². The van der Waals surface area contributed by atoms with Crippen molar-refractivity contribution in [2.75, 3.05) is 33.8 Å². The third-order valence-electron chi connectivity index (χ3n) is 2.65. The summed E-state index contributed by atoms with van der Waals surface area (Å²) in [4.78, 5) is 14.5. The molecule has 4 heteroatoms. The number of likely N-dealkylation sites (tertiary alicyclic amines) is 1. The average molecular weight is 246 g/mol. The Bertz CT molecular complexity index is 155. The number of piperidine rings is 1. The molecule has 1 N–H and O–H groups in total. The number of carbonyl (C=O) groups excluding carboxylic acids is 1. The molecule has 1 aliphatic heterocycles. The summed E-state index contributed by atoms with van der Waals surface area (Å²) in [6.07, 6.45) is 4.04. The first-order valence-corrected chi connectivity index (χ1v) is 6.62. The van der Waals surface area contributed by atoms with Crippen molar-refractivity contribution >= 4 is 6.41 Å². The SMILES string of the molecule is CC.CCCO.CN1CCC(N(C)C=O)CC1. The van der Waals surface area contributed by atoms with Crippen LogP contribution in [0.5, 0.6) is 0 Å². The Hall–Kier alpha value is -0.610.